The molecule has 106 valence electrons. The SMILES string of the molecule is O=S1CCC(NS(=O)(=O)c2ccccc2CCl)CC1. The van der Waals surface area contributed by atoms with Gasteiger partial charge >= 0.3 is 0 Å². The van der Waals surface area contributed by atoms with Crippen LogP contribution in [0.15, 0.2) is 29.2 Å². The third-order valence-electron chi connectivity index (χ3n) is 3.12. The summed E-state index contributed by atoms with van der Waals surface area (Å²) in [5.41, 5.74) is 0.594. The van der Waals surface area contributed by atoms with Gasteiger partial charge in [0.25, 0.3) is 0 Å². The Labute approximate surface area is 121 Å². The molecule has 7 heteroatoms. The molecule has 0 saturated carbocycles. The molecule has 0 aromatic heterocycles. The third-order valence-corrected chi connectivity index (χ3v) is 6.41. The molecule has 4 nitrogen and oxygen atoms in total. The van der Waals surface area contributed by atoms with Gasteiger partial charge in [0.15, 0.2) is 0 Å². The van der Waals surface area contributed by atoms with E-state index in [2.05, 4.69) is 4.72 Å². The van der Waals surface area contributed by atoms with Gasteiger partial charge in [0.1, 0.15) is 0 Å². The van der Waals surface area contributed by atoms with Gasteiger partial charge in [-0.25, -0.2) is 13.1 Å². The minimum absolute atomic E-state index is 0.133. The minimum atomic E-state index is -3.55. The summed E-state index contributed by atoms with van der Waals surface area (Å²) in [6.07, 6.45) is 1.24. The van der Waals surface area contributed by atoms with E-state index in [1.807, 2.05) is 0 Å². The number of hydrogen-bond acceptors (Lipinski definition) is 3. The molecule has 0 aliphatic carbocycles. The molecular formula is C12H16ClNO3S2. The highest BCUT2D eigenvalue weighted by atomic mass is 35.5. The molecule has 0 amide bonds. The van der Waals surface area contributed by atoms with Gasteiger partial charge in [-0.3, -0.25) is 4.21 Å². The molecule has 1 fully saturated rings. The van der Waals surface area contributed by atoms with E-state index in [9.17, 15) is 12.6 Å². The maximum Gasteiger partial charge on any atom is 0.241 e. The molecule has 0 spiro atoms. The Morgan fingerprint density at radius 1 is 1.26 bits per heavy atom. The van der Waals surface area contributed by atoms with E-state index in [4.69, 9.17) is 11.6 Å². The molecule has 0 bridgehead atoms. The third kappa shape index (κ3) is 3.78. The van der Waals surface area contributed by atoms with E-state index in [0.29, 0.717) is 29.9 Å². The number of nitrogens with one attached hydrogen (secondary N) is 1. The van der Waals surface area contributed by atoms with Crippen LogP contribution in [0.3, 0.4) is 0 Å². The van der Waals surface area contributed by atoms with Crippen LogP contribution >= 0.6 is 11.6 Å². The summed E-state index contributed by atoms with van der Waals surface area (Å²) in [5.74, 6) is 1.28. The van der Waals surface area contributed by atoms with E-state index in [-0.39, 0.29) is 16.8 Å². The Hall–Kier alpha value is -0.430. The average Bonchev–Trinajstić information content (AvgIpc) is 2.41. The second-order valence-electron chi connectivity index (χ2n) is 4.48. The van der Waals surface area contributed by atoms with Crippen LogP contribution in [-0.2, 0) is 26.7 Å². The topological polar surface area (TPSA) is 63.2 Å². The smallest absolute Gasteiger partial charge is 0.241 e. The summed E-state index contributed by atoms with van der Waals surface area (Å²) < 4.78 is 38.6. The van der Waals surface area contributed by atoms with Crippen LogP contribution in [0.1, 0.15) is 18.4 Å². The van der Waals surface area contributed by atoms with Crippen molar-refractivity contribution in [1.82, 2.24) is 4.72 Å². The molecule has 0 atom stereocenters. The molecule has 1 saturated heterocycles. The van der Waals surface area contributed by atoms with Crippen LogP contribution in [0, 0.1) is 0 Å². The average molecular weight is 322 g/mol. The second kappa shape index (κ2) is 6.35. The number of sulfonamides is 1. The van der Waals surface area contributed by atoms with Gasteiger partial charge in [0.2, 0.25) is 10.0 Å². The largest absolute Gasteiger partial charge is 0.260 e. The highest BCUT2D eigenvalue weighted by Crippen LogP contribution is 2.19. The highest BCUT2D eigenvalue weighted by molar-refractivity contribution is 7.89. The zero-order valence-corrected chi connectivity index (χ0v) is 12.7. The molecule has 1 heterocycles. The summed E-state index contributed by atoms with van der Waals surface area (Å²) >= 11 is 5.77. The Morgan fingerprint density at radius 2 is 1.89 bits per heavy atom. The van der Waals surface area contributed by atoms with E-state index in [0.717, 1.165) is 0 Å². The first kappa shape index (κ1) is 15.0. The second-order valence-corrected chi connectivity index (χ2v) is 8.13. The summed E-state index contributed by atoms with van der Waals surface area (Å²) in [6, 6.07) is 6.57. The number of benzene rings is 1. The first-order chi connectivity index (χ1) is 9.03. The van der Waals surface area contributed by atoms with Gasteiger partial charge in [-0.05, 0) is 24.5 Å². The Balaban J connectivity index is 2.16. The maximum absolute atomic E-state index is 12.3. The lowest BCUT2D eigenvalue weighted by Gasteiger charge is -2.22. The van der Waals surface area contributed by atoms with Crippen LogP contribution in [0.25, 0.3) is 0 Å². The summed E-state index contributed by atoms with van der Waals surface area (Å²) in [5, 5.41) is 0. The lowest BCUT2D eigenvalue weighted by atomic mass is 10.2. The molecule has 19 heavy (non-hydrogen) atoms. The highest BCUT2D eigenvalue weighted by Gasteiger charge is 2.25. The van der Waals surface area contributed by atoms with Crippen LogP contribution in [-0.4, -0.2) is 30.2 Å². The van der Waals surface area contributed by atoms with Crippen LogP contribution in [0.5, 0.6) is 0 Å². The van der Waals surface area contributed by atoms with Gasteiger partial charge in [-0.2, -0.15) is 0 Å². The molecule has 0 unspecified atom stereocenters. The van der Waals surface area contributed by atoms with Crippen LogP contribution < -0.4 is 4.72 Å². The Morgan fingerprint density at radius 3 is 2.53 bits per heavy atom. The zero-order chi connectivity index (χ0) is 13.9. The van der Waals surface area contributed by atoms with Crippen molar-refractivity contribution in [3.8, 4) is 0 Å². The van der Waals surface area contributed by atoms with Gasteiger partial charge in [-0.1, -0.05) is 18.2 Å². The molecule has 0 radical (unpaired) electrons. The Kier molecular flexibility index (Phi) is 5.00. The lowest BCUT2D eigenvalue weighted by molar-refractivity contribution is 0.521. The zero-order valence-electron chi connectivity index (χ0n) is 10.3. The number of hydrogen-bond donors (Lipinski definition) is 1. The molecule has 1 aliphatic rings. The van der Waals surface area contributed by atoms with Crippen molar-refractivity contribution in [3.05, 3.63) is 29.8 Å². The maximum atomic E-state index is 12.3. The quantitative estimate of drug-likeness (QED) is 0.857. The van der Waals surface area contributed by atoms with Gasteiger partial charge in [-0.15, -0.1) is 11.6 Å². The van der Waals surface area contributed by atoms with Crippen molar-refractivity contribution in [3.63, 3.8) is 0 Å². The van der Waals surface area contributed by atoms with Gasteiger partial charge < -0.3 is 0 Å². The fourth-order valence-electron chi connectivity index (χ4n) is 2.07. The van der Waals surface area contributed by atoms with Crippen molar-refractivity contribution in [2.75, 3.05) is 11.5 Å². The summed E-state index contributed by atoms with van der Waals surface area (Å²) in [4.78, 5) is 0.233. The van der Waals surface area contributed by atoms with E-state index < -0.39 is 20.8 Å². The molecule has 2 rings (SSSR count). The lowest BCUT2D eigenvalue weighted by Crippen LogP contribution is -2.39. The van der Waals surface area contributed by atoms with Crippen LogP contribution in [0.2, 0.25) is 0 Å². The molecular weight excluding hydrogens is 306 g/mol. The number of rotatable bonds is 4. The monoisotopic (exact) mass is 321 g/mol. The van der Waals surface area contributed by atoms with Crippen molar-refractivity contribution in [2.24, 2.45) is 0 Å². The van der Waals surface area contributed by atoms with Crippen molar-refractivity contribution in [2.45, 2.75) is 29.7 Å². The summed E-state index contributed by atoms with van der Waals surface area (Å²) in [7, 11) is -4.35. The van der Waals surface area contributed by atoms with Crippen LogP contribution in [0.4, 0.5) is 0 Å². The van der Waals surface area contributed by atoms with E-state index in [1.54, 1.807) is 24.3 Å². The van der Waals surface area contributed by atoms with E-state index in [1.165, 1.54) is 0 Å². The van der Waals surface area contributed by atoms with Crippen molar-refractivity contribution >= 4 is 32.4 Å². The first-order valence-corrected chi connectivity index (χ1v) is 9.54. The predicted octanol–water partition coefficient (Wildman–Crippen LogP) is 1.61. The number of alkyl halides is 1. The standard InChI is InChI=1S/C12H16ClNO3S2/c13-9-10-3-1-2-4-12(10)19(16,17)14-11-5-7-18(15)8-6-11/h1-4,11,14H,5-9H2. The fourth-order valence-corrected chi connectivity index (χ4v) is 5.23. The predicted molar refractivity (Wildman–Crippen MR) is 77.2 cm³/mol. The molecule has 1 aliphatic heterocycles. The molecule has 1 N–H and O–H groups in total. The fraction of sp³-hybridized carbons (Fsp3) is 0.500. The van der Waals surface area contributed by atoms with Crippen molar-refractivity contribution < 1.29 is 12.6 Å². The minimum Gasteiger partial charge on any atom is -0.260 e. The van der Waals surface area contributed by atoms with Gasteiger partial charge in [0.05, 0.1) is 4.90 Å². The van der Waals surface area contributed by atoms with E-state index >= 15 is 0 Å². The van der Waals surface area contributed by atoms with Crippen molar-refractivity contribution in [1.29, 1.82) is 0 Å². The summed E-state index contributed by atoms with van der Waals surface area (Å²) in [6.45, 7) is 0. The number of halogens is 1. The Bertz CT molecular complexity index is 564. The molecule has 1 aromatic rings. The molecule has 1 aromatic carbocycles. The first-order valence-electron chi connectivity index (χ1n) is 6.04. The normalized spacial score (nSPS) is 24.3. The van der Waals surface area contributed by atoms with Gasteiger partial charge in [0, 0.05) is 34.2 Å².